The first kappa shape index (κ1) is 45.9. The van der Waals surface area contributed by atoms with Crippen LogP contribution in [0.1, 0.15) is 33.4 Å². The van der Waals surface area contributed by atoms with Gasteiger partial charge in [-0.3, -0.25) is 32.5 Å². The molecule has 2 aromatic rings. The van der Waals surface area contributed by atoms with Gasteiger partial charge in [0.1, 0.15) is 36.3 Å². The summed E-state index contributed by atoms with van der Waals surface area (Å²) in [5.74, 6) is -1.80. The number of rotatable bonds is 21. The molecule has 306 valence electrons. The summed E-state index contributed by atoms with van der Waals surface area (Å²) < 4.78 is 61.9. The zero-order chi connectivity index (χ0) is 40.6. The van der Waals surface area contributed by atoms with Crippen molar-refractivity contribution in [2.45, 2.75) is 57.8 Å². The highest BCUT2D eigenvalue weighted by atomic mass is 32.2. The third-order valence-electron chi connectivity index (χ3n) is 7.42. The van der Waals surface area contributed by atoms with E-state index in [4.69, 9.17) is 24.6 Å². The molecule has 0 saturated carbocycles. The van der Waals surface area contributed by atoms with Crippen LogP contribution in [-0.4, -0.2) is 134 Å². The van der Waals surface area contributed by atoms with Crippen LogP contribution in [0.25, 0.3) is 11.2 Å². The Morgan fingerprint density at radius 3 is 2.39 bits per heavy atom. The van der Waals surface area contributed by atoms with Crippen molar-refractivity contribution >= 4 is 69.1 Å². The van der Waals surface area contributed by atoms with Crippen LogP contribution in [-0.2, 0) is 50.7 Å². The number of anilines is 1. The van der Waals surface area contributed by atoms with E-state index in [1.807, 2.05) is 0 Å². The minimum absolute atomic E-state index is 0.0259. The molecule has 29 heteroatoms. The summed E-state index contributed by atoms with van der Waals surface area (Å²) in [5.41, 5.74) is 4.23. The molecule has 54 heavy (non-hydrogen) atoms. The van der Waals surface area contributed by atoms with Gasteiger partial charge in [-0.25, -0.2) is 28.6 Å². The number of ether oxygens (including phenoxy) is 1. The van der Waals surface area contributed by atoms with Gasteiger partial charge in [0.2, 0.25) is 11.8 Å². The SMILES string of the molecule is C[C@@H](CO)C(=O)SCCNC(=O)CCNC(=O)C(O)C(C)(C)COP(=O)(O)OP(=O)(O)OC[C@H]1O[C@@H](n2cnc3c(N)ncnc32)[C@H](O)[C@@H]1OP(=O)(O)O. The van der Waals surface area contributed by atoms with E-state index in [0.717, 1.165) is 29.0 Å². The van der Waals surface area contributed by atoms with Gasteiger partial charge in [-0.2, -0.15) is 4.31 Å². The van der Waals surface area contributed by atoms with E-state index in [2.05, 4.69) is 34.4 Å². The number of hydrogen-bond donors (Lipinski definition) is 10. The van der Waals surface area contributed by atoms with Crippen LogP contribution in [0.15, 0.2) is 12.7 Å². The van der Waals surface area contributed by atoms with E-state index < -0.39 is 90.5 Å². The minimum atomic E-state index is -5.57. The lowest BCUT2D eigenvalue weighted by Crippen LogP contribution is -2.46. The van der Waals surface area contributed by atoms with Crippen molar-refractivity contribution in [3.8, 4) is 0 Å². The first-order chi connectivity index (χ1) is 25.0. The first-order valence-corrected chi connectivity index (χ1v) is 21.1. The fourth-order valence-electron chi connectivity index (χ4n) is 4.50. The number of carbonyl (C=O) groups is 3. The second-order valence-electron chi connectivity index (χ2n) is 12.3. The molecule has 2 amide bonds. The van der Waals surface area contributed by atoms with Gasteiger partial charge < -0.3 is 56.0 Å². The lowest BCUT2D eigenvalue weighted by Gasteiger charge is -2.30. The van der Waals surface area contributed by atoms with Crippen molar-refractivity contribution in [3.05, 3.63) is 12.7 Å². The highest BCUT2D eigenvalue weighted by molar-refractivity contribution is 8.13. The van der Waals surface area contributed by atoms with E-state index in [0.29, 0.717) is 0 Å². The Balaban J connectivity index is 1.51. The smallest absolute Gasteiger partial charge is 0.396 e. The average Bonchev–Trinajstić information content (AvgIpc) is 3.64. The van der Waals surface area contributed by atoms with Crippen LogP contribution in [0.2, 0.25) is 0 Å². The summed E-state index contributed by atoms with van der Waals surface area (Å²) in [6.45, 7) is 1.62. The lowest BCUT2D eigenvalue weighted by molar-refractivity contribution is -0.137. The molecule has 1 aliphatic heterocycles. The summed E-state index contributed by atoms with van der Waals surface area (Å²) in [6.07, 6.45) is -6.99. The average molecular weight is 854 g/mol. The summed E-state index contributed by atoms with van der Waals surface area (Å²) in [5, 5.41) is 35.0. The number of nitrogens with zero attached hydrogens (tertiary/aromatic N) is 4. The van der Waals surface area contributed by atoms with E-state index in [1.165, 1.54) is 13.8 Å². The van der Waals surface area contributed by atoms with E-state index >= 15 is 0 Å². The summed E-state index contributed by atoms with van der Waals surface area (Å²) in [6, 6.07) is 0. The molecule has 0 bridgehead atoms. The Labute approximate surface area is 310 Å². The maximum absolute atomic E-state index is 12.6. The van der Waals surface area contributed by atoms with Gasteiger partial charge in [-0.05, 0) is 0 Å². The molecule has 3 unspecified atom stereocenters. The van der Waals surface area contributed by atoms with Gasteiger partial charge in [0.15, 0.2) is 22.8 Å². The number of amides is 2. The fraction of sp³-hybridized carbons (Fsp3) is 0.680. The molecule has 8 atom stereocenters. The molecule has 0 spiro atoms. The number of aliphatic hydroxyl groups is 3. The largest absolute Gasteiger partial charge is 0.481 e. The van der Waals surface area contributed by atoms with Crippen molar-refractivity contribution in [2.24, 2.45) is 11.3 Å². The Bertz CT molecular complexity index is 1780. The Morgan fingerprint density at radius 2 is 1.74 bits per heavy atom. The van der Waals surface area contributed by atoms with Crippen LogP contribution < -0.4 is 16.4 Å². The molecule has 3 heterocycles. The Morgan fingerprint density at radius 1 is 1.07 bits per heavy atom. The number of aliphatic hydroxyl groups excluding tert-OH is 3. The summed E-state index contributed by atoms with van der Waals surface area (Å²) in [7, 11) is -16.4. The number of fused-ring (bicyclic) bond motifs is 1. The molecular formula is C25H42N7O18P3S. The van der Waals surface area contributed by atoms with Crippen molar-refractivity contribution in [1.29, 1.82) is 0 Å². The molecule has 2 aromatic heterocycles. The van der Waals surface area contributed by atoms with Crippen LogP contribution in [0.4, 0.5) is 5.82 Å². The molecule has 0 aliphatic carbocycles. The topological polar surface area (TPSA) is 384 Å². The standard InChI is InChI=1S/C25H42N7O18P3S/c1-13(8-33)24(38)54-7-6-27-15(34)4-5-28-22(37)19(36)25(2,3)10-47-53(44,45)50-52(42,43)46-9-14-18(49-51(39,40)41)17(35)23(48-14)32-12-31-16-20(26)29-11-30-21(16)32/h11-14,17-19,23,33,35-36H,4-10H2,1-3H3,(H,27,34)(H,28,37)(H,42,43)(H,44,45)(H2,26,29,30)(H2,39,40,41)/t13-,14+,17+,18+,19?,23+/m0/s1. The van der Waals surface area contributed by atoms with Crippen LogP contribution in [0.3, 0.4) is 0 Å². The highest BCUT2D eigenvalue weighted by Gasteiger charge is 2.50. The van der Waals surface area contributed by atoms with Crippen LogP contribution in [0.5, 0.6) is 0 Å². The van der Waals surface area contributed by atoms with Gasteiger partial charge in [-0.1, -0.05) is 32.5 Å². The number of nitrogens with one attached hydrogen (secondary N) is 2. The van der Waals surface area contributed by atoms with Crippen molar-refractivity contribution in [3.63, 3.8) is 0 Å². The van der Waals surface area contributed by atoms with Crippen molar-refractivity contribution in [1.82, 2.24) is 30.2 Å². The summed E-state index contributed by atoms with van der Waals surface area (Å²) in [4.78, 5) is 87.0. The number of imidazole rings is 1. The molecule has 25 nitrogen and oxygen atoms in total. The predicted molar refractivity (Wildman–Crippen MR) is 183 cm³/mol. The highest BCUT2D eigenvalue weighted by Crippen LogP contribution is 2.61. The number of nitrogens with two attached hydrogens (primary N) is 1. The summed E-state index contributed by atoms with van der Waals surface area (Å²) >= 11 is 0.943. The quantitative estimate of drug-likeness (QED) is 0.0494. The maximum Gasteiger partial charge on any atom is 0.481 e. The molecule has 11 N–H and O–H groups in total. The number of phosphoric acid groups is 3. The van der Waals surface area contributed by atoms with Crippen molar-refractivity contribution in [2.75, 3.05) is 44.4 Å². The Kier molecular flexibility index (Phi) is 16.2. The zero-order valence-corrected chi connectivity index (χ0v) is 32.3. The van der Waals surface area contributed by atoms with Crippen LogP contribution in [0, 0.1) is 11.3 Å². The van der Waals surface area contributed by atoms with E-state index in [1.54, 1.807) is 6.92 Å². The third kappa shape index (κ3) is 13.3. The number of thioether (sulfide) groups is 1. The molecular weight excluding hydrogens is 811 g/mol. The van der Waals surface area contributed by atoms with Gasteiger partial charge in [0, 0.05) is 36.6 Å². The van der Waals surface area contributed by atoms with Crippen LogP contribution >= 0.6 is 35.2 Å². The minimum Gasteiger partial charge on any atom is -0.396 e. The fourth-order valence-corrected chi connectivity index (χ4v) is 8.09. The molecule has 1 saturated heterocycles. The normalized spacial score (nSPS) is 22.6. The molecule has 0 radical (unpaired) electrons. The maximum atomic E-state index is 12.6. The van der Waals surface area contributed by atoms with Gasteiger partial charge in [-0.15, -0.1) is 0 Å². The molecule has 1 aliphatic rings. The number of phosphoric ester groups is 3. The number of carbonyl (C=O) groups excluding carboxylic acids is 3. The molecule has 1 fully saturated rings. The number of nitrogen functional groups attached to an aromatic ring is 1. The number of aromatic nitrogens is 4. The first-order valence-electron chi connectivity index (χ1n) is 15.6. The van der Waals surface area contributed by atoms with E-state index in [9.17, 15) is 57.9 Å². The lowest BCUT2D eigenvalue weighted by atomic mass is 9.87. The molecule has 3 rings (SSSR count). The van der Waals surface area contributed by atoms with Crippen molar-refractivity contribution < 1.29 is 85.6 Å². The monoisotopic (exact) mass is 853 g/mol. The second-order valence-corrected chi connectivity index (χ2v) is 17.7. The van der Waals surface area contributed by atoms with Gasteiger partial charge >= 0.3 is 23.5 Å². The second kappa shape index (κ2) is 19.1. The third-order valence-corrected chi connectivity index (χ3v) is 11.6. The van der Waals surface area contributed by atoms with Gasteiger partial charge in [0.25, 0.3) is 0 Å². The Hall–Kier alpha value is -2.48. The predicted octanol–water partition coefficient (Wildman–Crippen LogP) is -1.71. The number of hydrogen-bond acceptors (Lipinski definition) is 19. The molecule has 0 aromatic carbocycles. The zero-order valence-electron chi connectivity index (χ0n) is 28.8. The van der Waals surface area contributed by atoms with E-state index in [-0.39, 0.29) is 54.0 Å². The van der Waals surface area contributed by atoms with Gasteiger partial charge in [0.05, 0.1) is 26.1 Å².